The third-order valence-corrected chi connectivity index (χ3v) is 2.19. The fourth-order valence-corrected chi connectivity index (χ4v) is 1.23. The van der Waals surface area contributed by atoms with Gasteiger partial charge in [0.25, 0.3) is 0 Å². The Hall–Kier alpha value is -1.22. The van der Waals surface area contributed by atoms with Crippen LogP contribution in [0.3, 0.4) is 0 Å². The molecule has 0 aliphatic rings. The van der Waals surface area contributed by atoms with Crippen molar-refractivity contribution in [1.29, 1.82) is 0 Å². The molecule has 0 saturated carbocycles. The van der Waals surface area contributed by atoms with Crippen LogP contribution in [-0.2, 0) is 0 Å². The number of methoxy groups -OCH3 is 1. The van der Waals surface area contributed by atoms with Crippen LogP contribution in [0.15, 0.2) is 18.2 Å². The molecule has 1 atom stereocenters. The second-order valence-corrected chi connectivity index (χ2v) is 3.01. The number of nitrogen functional groups attached to an aromatic ring is 1. The van der Waals surface area contributed by atoms with Crippen molar-refractivity contribution in [1.82, 2.24) is 5.32 Å². The van der Waals surface area contributed by atoms with Crippen molar-refractivity contribution in [2.45, 2.75) is 13.0 Å². The normalized spacial score (nSPS) is 12.5. The predicted molar refractivity (Wildman–Crippen MR) is 54.9 cm³/mol. The summed E-state index contributed by atoms with van der Waals surface area (Å²) in [5.74, 6) is 0.796. The van der Waals surface area contributed by atoms with Crippen molar-refractivity contribution >= 4 is 5.69 Å². The minimum absolute atomic E-state index is 0.269. The number of nitrogens with two attached hydrogens (primary N) is 1. The monoisotopic (exact) mass is 180 g/mol. The average Bonchev–Trinajstić information content (AvgIpc) is 2.16. The lowest BCUT2D eigenvalue weighted by atomic mass is 10.1. The SMILES string of the molecule is CN[C@H](C)c1ccc(OC)cc1N. The molecule has 0 unspecified atom stereocenters. The Bertz CT molecular complexity index is 286. The van der Waals surface area contributed by atoms with E-state index in [4.69, 9.17) is 10.5 Å². The standard InChI is InChI=1S/C10H16N2O/c1-7(12-2)9-5-4-8(13-3)6-10(9)11/h4-7,12H,11H2,1-3H3/t7-/m1/s1. The van der Waals surface area contributed by atoms with E-state index in [1.807, 2.05) is 25.2 Å². The van der Waals surface area contributed by atoms with E-state index >= 15 is 0 Å². The van der Waals surface area contributed by atoms with Gasteiger partial charge in [0.05, 0.1) is 7.11 Å². The van der Waals surface area contributed by atoms with Gasteiger partial charge in [-0.1, -0.05) is 6.07 Å². The zero-order chi connectivity index (χ0) is 9.84. The number of hydrogen-bond acceptors (Lipinski definition) is 3. The highest BCUT2D eigenvalue weighted by Crippen LogP contribution is 2.24. The van der Waals surface area contributed by atoms with E-state index in [1.165, 1.54) is 0 Å². The Morgan fingerprint density at radius 2 is 2.15 bits per heavy atom. The summed E-state index contributed by atoms with van der Waals surface area (Å²) in [6.45, 7) is 2.07. The minimum Gasteiger partial charge on any atom is -0.497 e. The Balaban J connectivity index is 2.98. The summed E-state index contributed by atoms with van der Waals surface area (Å²) in [5, 5.41) is 3.14. The van der Waals surface area contributed by atoms with Gasteiger partial charge in [0.15, 0.2) is 0 Å². The number of nitrogens with one attached hydrogen (secondary N) is 1. The molecular formula is C10H16N2O. The largest absolute Gasteiger partial charge is 0.497 e. The molecule has 0 aliphatic carbocycles. The fraction of sp³-hybridized carbons (Fsp3) is 0.400. The lowest BCUT2D eigenvalue weighted by Gasteiger charge is -2.13. The molecule has 1 aromatic rings. The summed E-state index contributed by atoms with van der Waals surface area (Å²) < 4.78 is 5.06. The van der Waals surface area contributed by atoms with Gasteiger partial charge in [-0.2, -0.15) is 0 Å². The molecule has 1 aromatic carbocycles. The first kappa shape index (κ1) is 9.86. The molecule has 0 radical (unpaired) electrons. The third kappa shape index (κ3) is 2.12. The summed E-state index contributed by atoms with van der Waals surface area (Å²) in [7, 11) is 3.55. The molecule has 0 fully saturated rings. The van der Waals surface area contributed by atoms with Crippen LogP contribution in [0.5, 0.6) is 5.75 Å². The Morgan fingerprint density at radius 3 is 2.62 bits per heavy atom. The molecule has 0 spiro atoms. The van der Waals surface area contributed by atoms with Crippen LogP contribution in [0, 0.1) is 0 Å². The van der Waals surface area contributed by atoms with E-state index in [-0.39, 0.29) is 6.04 Å². The molecule has 3 nitrogen and oxygen atoms in total. The van der Waals surface area contributed by atoms with Gasteiger partial charge >= 0.3 is 0 Å². The molecule has 13 heavy (non-hydrogen) atoms. The third-order valence-electron chi connectivity index (χ3n) is 2.19. The molecule has 0 saturated heterocycles. The van der Waals surface area contributed by atoms with E-state index in [0.29, 0.717) is 0 Å². The number of anilines is 1. The Kier molecular flexibility index (Phi) is 3.14. The summed E-state index contributed by atoms with van der Waals surface area (Å²) in [4.78, 5) is 0. The van der Waals surface area contributed by atoms with E-state index in [2.05, 4.69) is 12.2 Å². The highest BCUT2D eigenvalue weighted by atomic mass is 16.5. The molecule has 0 heterocycles. The quantitative estimate of drug-likeness (QED) is 0.694. The second kappa shape index (κ2) is 4.14. The molecular weight excluding hydrogens is 164 g/mol. The fourth-order valence-electron chi connectivity index (χ4n) is 1.23. The van der Waals surface area contributed by atoms with Crippen LogP contribution in [0.4, 0.5) is 5.69 Å². The molecule has 1 rings (SSSR count). The van der Waals surface area contributed by atoms with Crippen molar-refractivity contribution in [3.05, 3.63) is 23.8 Å². The molecule has 0 aliphatic heterocycles. The van der Waals surface area contributed by atoms with Gasteiger partial charge in [-0.3, -0.25) is 0 Å². The second-order valence-electron chi connectivity index (χ2n) is 3.01. The summed E-state index contributed by atoms with van der Waals surface area (Å²) in [5.41, 5.74) is 7.72. The smallest absolute Gasteiger partial charge is 0.120 e. The van der Waals surface area contributed by atoms with Crippen LogP contribution in [0.1, 0.15) is 18.5 Å². The number of ether oxygens (including phenoxy) is 1. The van der Waals surface area contributed by atoms with Crippen molar-refractivity contribution in [2.75, 3.05) is 19.9 Å². The average molecular weight is 180 g/mol. The highest BCUT2D eigenvalue weighted by molar-refractivity contribution is 5.52. The van der Waals surface area contributed by atoms with Gasteiger partial charge in [-0.15, -0.1) is 0 Å². The summed E-state index contributed by atoms with van der Waals surface area (Å²) in [6, 6.07) is 6.00. The van der Waals surface area contributed by atoms with Gasteiger partial charge in [-0.05, 0) is 25.6 Å². The molecule has 3 N–H and O–H groups in total. The maximum atomic E-state index is 5.85. The van der Waals surface area contributed by atoms with Crippen LogP contribution in [0.2, 0.25) is 0 Å². The molecule has 3 heteroatoms. The molecule has 0 amide bonds. The lowest BCUT2D eigenvalue weighted by molar-refractivity contribution is 0.414. The topological polar surface area (TPSA) is 47.3 Å². The van der Waals surface area contributed by atoms with Crippen LogP contribution >= 0.6 is 0 Å². The van der Waals surface area contributed by atoms with Crippen molar-refractivity contribution in [2.24, 2.45) is 0 Å². The van der Waals surface area contributed by atoms with E-state index in [9.17, 15) is 0 Å². The van der Waals surface area contributed by atoms with Crippen molar-refractivity contribution in [3.63, 3.8) is 0 Å². The molecule has 0 bridgehead atoms. The Morgan fingerprint density at radius 1 is 1.46 bits per heavy atom. The van der Waals surface area contributed by atoms with Crippen molar-refractivity contribution in [3.8, 4) is 5.75 Å². The van der Waals surface area contributed by atoms with Crippen LogP contribution < -0.4 is 15.8 Å². The zero-order valence-electron chi connectivity index (χ0n) is 8.29. The van der Waals surface area contributed by atoms with E-state index in [1.54, 1.807) is 7.11 Å². The van der Waals surface area contributed by atoms with Gasteiger partial charge < -0.3 is 15.8 Å². The van der Waals surface area contributed by atoms with Gasteiger partial charge in [-0.25, -0.2) is 0 Å². The highest BCUT2D eigenvalue weighted by Gasteiger charge is 2.06. The van der Waals surface area contributed by atoms with Crippen LogP contribution in [0.25, 0.3) is 0 Å². The summed E-state index contributed by atoms with van der Waals surface area (Å²) in [6.07, 6.45) is 0. The zero-order valence-corrected chi connectivity index (χ0v) is 8.29. The number of rotatable bonds is 3. The maximum absolute atomic E-state index is 5.85. The molecule has 0 aromatic heterocycles. The maximum Gasteiger partial charge on any atom is 0.120 e. The van der Waals surface area contributed by atoms with Gasteiger partial charge in [0.1, 0.15) is 5.75 Å². The first-order valence-electron chi connectivity index (χ1n) is 4.29. The van der Waals surface area contributed by atoms with E-state index in [0.717, 1.165) is 17.0 Å². The minimum atomic E-state index is 0.269. The van der Waals surface area contributed by atoms with Gasteiger partial charge in [0, 0.05) is 17.8 Å². The van der Waals surface area contributed by atoms with Crippen LogP contribution in [-0.4, -0.2) is 14.2 Å². The van der Waals surface area contributed by atoms with E-state index < -0.39 is 0 Å². The van der Waals surface area contributed by atoms with Gasteiger partial charge in [0.2, 0.25) is 0 Å². The number of benzene rings is 1. The summed E-state index contributed by atoms with van der Waals surface area (Å²) >= 11 is 0. The number of hydrogen-bond donors (Lipinski definition) is 2. The molecule has 72 valence electrons. The first-order valence-corrected chi connectivity index (χ1v) is 4.29. The van der Waals surface area contributed by atoms with Crippen molar-refractivity contribution < 1.29 is 4.74 Å². The Labute approximate surface area is 78.9 Å². The first-order chi connectivity index (χ1) is 6.19. The predicted octanol–water partition coefficient (Wildman–Crippen LogP) is 1.56. The lowest BCUT2D eigenvalue weighted by Crippen LogP contribution is -2.14.